The maximum absolute atomic E-state index is 5.23. The maximum Gasteiger partial charge on any atom is 0.186 e. The molecule has 0 spiro atoms. The van der Waals surface area contributed by atoms with Gasteiger partial charge in [0.2, 0.25) is 0 Å². The first-order valence-electron chi connectivity index (χ1n) is 6.43. The van der Waals surface area contributed by atoms with Gasteiger partial charge in [0.1, 0.15) is 0 Å². The Labute approximate surface area is 120 Å². The molecule has 5 heteroatoms. The van der Waals surface area contributed by atoms with Gasteiger partial charge >= 0.3 is 0 Å². The van der Waals surface area contributed by atoms with Crippen molar-refractivity contribution in [3.8, 4) is 0 Å². The van der Waals surface area contributed by atoms with Gasteiger partial charge in [-0.15, -0.1) is 0 Å². The maximum atomic E-state index is 5.23. The van der Waals surface area contributed by atoms with Gasteiger partial charge in [0.15, 0.2) is 5.11 Å². The summed E-state index contributed by atoms with van der Waals surface area (Å²) in [4.78, 5) is 0. The molecule has 0 aliphatic carbocycles. The highest BCUT2D eigenvalue weighted by Gasteiger charge is 1.93. The molecule has 2 N–H and O–H groups in total. The zero-order valence-corrected chi connectivity index (χ0v) is 12.3. The van der Waals surface area contributed by atoms with Gasteiger partial charge in [-0.3, -0.25) is 5.43 Å². The van der Waals surface area contributed by atoms with Gasteiger partial charge in [0.25, 0.3) is 0 Å². The summed E-state index contributed by atoms with van der Waals surface area (Å²) in [7, 11) is 0. The quantitative estimate of drug-likeness (QED) is 0.348. The molecule has 0 atom stereocenters. The van der Waals surface area contributed by atoms with Crippen LogP contribution >= 0.6 is 12.2 Å². The van der Waals surface area contributed by atoms with E-state index in [2.05, 4.69) is 34.9 Å². The molecule has 0 saturated heterocycles. The summed E-state index contributed by atoms with van der Waals surface area (Å²) in [6.45, 7) is 6.32. The molecule has 0 aliphatic rings. The predicted molar refractivity (Wildman–Crippen MR) is 83.6 cm³/mol. The van der Waals surface area contributed by atoms with E-state index in [-0.39, 0.29) is 0 Å². The number of thiocarbonyl (C=S) groups is 1. The van der Waals surface area contributed by atoms with Crippen LogP contribution in [0, 0.1) is 6.92 Å². The molecule has 1 aromatic carbocycles. The molecule has 0 unspecified atom stereocenters. The summed E-state index contributed by atoms with van der Waals surface area (Å²) in [5.74, 6) is 0. The fourth-order valence-corrected chi connectivity index (χ4v) is 1.63. The van der Waals surface area contributed by atoms with Crippen LogP contribution in [0.4, 0.5) is 0 Å². The number of hydrazone groups is 1. The second-order valence-corrected chi connectivity index (χ2v) is 4.50. The number of ether oxygens (including phenoxy) is 1. The fraction of sp³-hybridized carbons (Fsp3) is 0.429. The van der Waals surface area contributed by atoms with E-state index in [0.717, 1.165) is 31.7 Å². The zero-order chi connectivity index (χ0) is 13.9. The minimum absolute atomic E-state index is 0.528. The summed E-state index contributed by atoms with van der Waals surface area (Å²) in [6.07, 6.45) is 2.68. The van der Waals surface area contributed by atoms with E-state index in [1.807, 2.05) is 19.1 Å². The monoisotopic (exact) mass is 279 g/mol. The predicted octanol–water partition coefficient (Wildman–Crippen LogP) is 2.22. The van der Waals surface area contributed by atoms with Crippen molar-refractivity contribution >= 4 is 23.5 Å². The van der Waals surface area contributed by atoms with E-state index in [9.17, 15) is 0 Å². The lowest BCUT2D eigenvalue weighted by molar-refractivity contribution is 0.145. The summed E-state index contributed by atoms with van der Waals surface area (Å²) >= 11 is 5.10. The molecular formula is C14H21N3OS. The van der Waals surface area contributed by atoms with Crippen molar-refractivity contribution in [1.82, 2.24) is 10.7 Å². The highest BCUT2D eigenvalue weighted by atomic mass is 32.1. The number of rotatable bonds is 7. The first kappa shape index (κ1) is 15.6. The van der Waals surface area contributed by atoms with Crippen molar-refractivity contribution in [2.24, 2.45) is 5.10 Å². The lowest BCUT2D eigenvalue weighted by Crippen LogP contribution is -2.33. The number of nitrogens with zero attached hydrogens (tertiary/aromatic N) is 1. The Kier molecular flexibility index (Phi) is 7.77. The normalized spacial score (nSPS) is 10.6. The van der Waals surface area contributed by atoms with Gasteiger partial charge in [0, 0.05) is 19.8 Å². The van der Waals surface area contributed by atoms with E-state index in [4.69, 9.17) is 17.0 Å². The third kappa shape index (κ3) is 7.54. The fourth-order valence-electron chi connectivity index (χ4n) is 1.48. The van der Waals surface area contributed by atoms with Gasteiger partial charge in [-0.05, 0) is 38.0 Å². The number of aryl methyl sites for hydroxylation is 1. The molecule has 0 amide bonds. The molecule has 104 valence electrons. The van der Waals surface area contributed by atoms with Crippen LogP contribution in [0.25, 0.3) is 0 Å². The second-order valence-electron chi connectivity index (χ2n) is 4.09. The zero-order valence-electron chi connectivity index (χ0n) is 11.5. The Morgan fingerprint density at radius 2 is 2.32 bits per heavy atom. The minimum Gasteiger partial charge on any atom is -0.382 e. The average molecular weight is 279 g/mol. The smallest absolute Gasteiger partial charge is 0.186 e. The highest BCUT2D eigenvalue weighted by Crippen LogP contribution is 2.00. The van der Waals surface area contributed by atoms with Gasteiger partial charge in [-0.1, -0.05) is 29.8 Å². The van der Waals surface area contributed by atoms with Crippen LogP contribution in [0.2, 0.25) is 0 Å². The van der Waals surface area contributed by atoms with E-state index in [1.54, 1.807) is 6.21 Å². The van der Waals surface area contributed by atoms with Crippen molar-refractivity contribution in [3.05, 3.63) is 35.4 Å². The molecule has 1 rings (SSSR count). The first-order valence-corrected chi connectivity index (χ1v) is 6.84. The third-order valence-corrected chi connectivity index (χ3v) is 2.61. The van der Waals surface area contributed by atoms with Crippen LogP contribution in [0.5, 0.6) is 0 Å². The molecule has 0 aromatic heterocycles. The van der Waals surface area contributed by atoms with Gasteiger partial charge < -0.3 is 10.1 Å². The molecule has 0 fully saturated rings. The van der Waals surface area contributed by atoms with Crippen molar-refractivity contribution in [1.29, 1.82) is 0 Å². The summed E-state index contributed by atoms with van der Waals surface area (Å²) < 4.78 is 5.23. The highest BCUT2D eigenvalue weighted by molar-refractivity contribution is 7.80. The first-order chi connectivity index (χ1) is 9.22. The Morgan fingerprint density at radius 3 is 3.05 bits per heavy atom. The van der Waals surface area contributed by atoms with Crippen molar-refractivity contribution in [2.75, 3.05) is 19.8 Å². The van der Waals surface area contributed by atoms with Gasteiger partial charge in [0.05, 0.1) is 6.21 Å². The van der Waals surface area contributed by atoms with Crippen LogP contribution in [0.1, 0.15) is 24.5 Å². The lowest BCUT2D eigenvalue weighted by atomic mass is 10.2. The molecule has 19 heavy (non-hydrogen) atoms. The van der Waals surface area contributed by atoms with E-state index >= 15 is 0 Å². The third-order valence-electron chi connectivity index (χ3n) is 2.38. The second kappa shape index (κ2) is 9.47. The lowest BCUT2D eigenvalue weighted by Gasteiger charge is -2.06. The number of hydrogen-bond donors (Lipinski definition) is 2. The van der Waals surface area contributed by atoms with Crippen LogP contribution in [-0.4, -0.2) is 31.1 Å². The van der Waals surface area contributed by atoms with Crippen molar-refractivity contribution in [3.63, 3.8) is 0 Å². The molecule has 4 nitrogen and oxygen atoms in total. The number of nitrogens with one attached hydrogen (secondary N) is 2. The van der Waals surface area contributed by atoms with Crippen molar-refractivity contribution < 1.29 is 4.74 Å². The minimum atomic E-state index is 0.528. The molecule has 0 bridgehead atoms. The largest absolute Gasteiger partial charge is 0.382 e. The van der Waals surface area contributed by atoms with Gasteiger partial charge in [-0.25, -0.2) is 0 Å². The van der Waals surface area contributed by atoms with E-state index in [0.29, 0.717) is 5.11 Å². The number of benzene rings is 1. The molecule has 0 radical (unpaired) electrons. The van der Waals surface area contributed by atoms with Crippen molar-refractivity contribution in [2.45, 2.75) is 20.3 Å². The van der Waals surface area contributed by atoms with Crippen LogP contribution in [-0.2, 0) is 4.74 Å². The standard InChI is InChI=1S/C14H21N3OS/c1-3-18-9-5-8-15-14(19)17-16-11-13-7-4-6-12(2)10-13/h4,6-7,10-11H,3,5,8-9H2,1-2H3,(H2,15,17,19)/b16-11-. The summed E-state index contributed by atoms with van der Waals surface area (Å²) in [5.41, 5.74) is 5.05. The Hall–Kier alpha value is -1.46. The van der Waals surface area contributed by atoms with Gasteiger partial charge in [-0.2, -0.15) is 5.10 Å². The molecule has 1 aromatic rings. The van der Waals surface area contributed by atoms with Crippen LogP contribution in [0.3, 0.4) is 0 Å². The van der Waals surface area contributed by atoms with E-state index in [1.165, 1.54) is 5.56 Å². The summed E-state index contributed by atoms with van der Waals surface area (Å²) in [6, 6.07) is 8.11. The molecule has 0 heterocycles. The molecule has 0 aliphatic heterocycles. The van der Waals surface area contributed by atoms with Crippen LogP contribution < -0.4 is 10.7 Å². The summed E-state index contributed by atoms with van der Waals surface area (Å²) in [5, 5.41) is 7.68. The SMILES string of the molecule is CCOCCCNC(=S)N/N=C\c1cccc(C)c1. The Balaban J connectivity index is 2.19. The molecule has 0 saturated carbocycles. The topological polar surface area (TPSA) is 45.6 Å². The van der Waals surface area contributed by atoms with E-state index < -0.39 is 0 Å². The number of hydrogen-bond acceptors (Lipinski definition) is 3. The average Bonchev–Trinajstić information content (AvgIpc) is 2.38. The van der Waals surface area contributed by atoms with Crippen LogP contribution in [0.15, 0.2) is 29.4 Å². The Morgan fingerprint density at radius 1 is 1.47 bits per heavy atom. The molecular weight excluding hydrogens is 258 g/mol. The Bertz CT molecular complexity index is 421.